The molecule has 0 atom stereocenters. The third-order valence-electron chi connectivity index (χ3n) is 4.26. The van der Waals surface area contributed by atoms with E-state index in [0.717, 1.165) is 10.9 Å². The number of hydrogen-bond donors (Lipinski definition) is 3. The number of nitrogens with one attached hydrogen (secondary N) is 3. The lowest BCUT2D eigenvalue weighted by Crippen LogP contribution is -2.49. The van der Waals surface area contributed by atoms with Crippen molar-refractivity contribution in [3.63, 3.8) is 0 Å². The molecular weight excluding hydrogens is 418 g/mol. The lowest BCUT2D eigenvalue weighted by atomic mass is 9.86. The van der Waals surface area contributed by atoms with Crippen molar-refractivity contribution in [2.45, 2.75) is 44.9 Å². The normalized spacial score (nSPS) is 14.3. The Balaban J connectivity index is 1.57. The van der Waals surface area contributed by atoms with Crippen molar-refractivity contribution in [1.82, 2.24) is 16.2 Å². The number of ether oxygens (including phenoxy) is 1. The van der Waals surface area contributed by atoms with E-state index in [9.17, 15) is 9.59 Å². The Morgan fingerprint density at radius 1 is 1.08 bits per heavy atom. The third-order valence-corrected chi connectivity index (χ3v) is 4.99. The summed E-state index contributed by atoms with van der Waals surface area (Å²) < 4.78 is 6.27. The van der Waals surface area contributed by atoms with E-state index in [1.807, 2.05) is 12.1 Å². The summed E-state index contributed by atoms with van der Waals surface area (Å²) in [5, 5.41) is 2.65. The van der Waals surface area contributed by atoms with Crippen molar-refractivity contribution < 1.29 is 14.3 Å². The van der Waals surface area contributed by atoms with Crippen molar-refractivity contribution >= 4 is 45.1 Å². The van der Waals surface area contributed by atoms with Gasteiger partial charge in [-0.3, -0.25) is 20.4 Å². The molecule has 0 unspecified atom stereocenters. The van der Waals surface area contributed by atoms with Crippen LogP contribution in [0, 0.1) is 5.92 Å². The molecule has 0 saturated heterocycles. The van der Waals surface area contributed by atoms with Crippen LogP contribution in [-0.2, 0) is 9.59 Å². The maximum absolute atomic E-state index is 11.9. The van der Waals surface area contributed by atoms with E-state index >= 15 is 0 Å². The summed E-state index contributed by atoms with van der Waals surface area (Å²) >= 11 is 8.33. The quantitative estimate of drug-likeness (QED) is 0.466. The molecule has 1 aromatic carbocycles. The van der Waals surface area contributed by atoms with Crippen molar-refractivity contribution in [3.8, 4) is 5.75 Å². The zero-order chi connectivity index (χ0) is 18.8. The predicted molar refractivity (Wildman–Crippen MR) is 107 cm³/mol. The van der Waals surface area contributed by atoms with Crippen LogP contribution in [0.2, 0.25) is 0 Å². The molecular formula is C18H24BrN3O3S. The summed E-state index contributed by atoms with van der Waals surface area (Å²) in [6, 6.07) is 7.15. The molecule has 0 aromatic heterocycles. The van der Waals surface area contributed by atoms with Crippen LogP contribution in [0.3, 0.4) is 0 Å². The Hall–Kier alpha value is -1.67. The van der Waals surface area contributed by atoms with Gasteiger partial charge in [-0.05, 0) is 48.8 Å². The largest absolute Gasteiger partial charge is 0.484 e. The average molecular weight is 442 g/mol. The minimum absolute atomic E-state index is 0.0793. The molecule has 1 aromatic rings. The van der Waals surface area contributed by atoms with E-state index in [1.165, 1.54) is 32.1 Å². The Kier molecular flexibility index (Phi) is 8.84. The lowest BCUT2D eigenvalue weighted by molar-refractivity contribution is -0.124. The molecule has 1 saturated carbocycles. The molecule has 0 heterocycles. The van der Waals surface area contributed by atoms with Gasteiger partial charge in [-0.25, -0.2) is 0 Å². The van der Waals surface area contributed by atoms with E-state index in [-0.39, 0.29) is 17.6 Å². The molecule has 1 fully saturated rings. The Bertz CT molecular complexity index is 619. The minimum atomic E-state index is -0.397. The Morgan fingerprint density at radius 3 is 2.46 bits per heavy atom. The second kappa shape index (κ2) is 11.1. The van der Waals surface area contributed by atoms with E-state index in [0.29, 0.717) is 18.1 Å². The molecule has 142 valence electrons. The van der Waals surface area contributed by atoms with E-state index in [4.69, 9.17) is 17.0 Å². The van der Waals surface area contributed by atoms with Gasteiger partial charge in [0.1, 0.15) is 5.75 Å². The number of amides is 2. The molecule has 2 amide bonds. The van der Waals surface area contributed by atoms with Crippen LogP contribution >= 0.6 is 28.1 Å². The molecule has 8 heteroatoms. The van der Waals surface area contributed by atoms with Gasteiger partial charge >= 0.3 is 0 Å². The Morgan fingerprint density at radius 2 is 1.77 bits per heavy atom. The fraction of sp³-hybridized carbons (Fsp3) is 0.500. The van der Waals surface area contributed by atoms with Crippen molar-refractivity contribution in [1.29, 1.82) is 0 Å². The highest BCUT2D eigenvalue weighted by atomic mass is 79.9. The predicted octanol–water partition coefficient (Wildman–Crippen LogP) is 3.21. The first-order valence-electron chi connectivity index (χ1n) is 8.80. The number of halogens is 1. The van der Waals surface area contributed by atoms with Crippen molar-refractivity contribution in [3.05, 3.63) is 28.7 Å². The first kappa shape index (κ1) is 20.6. The number of thiocarbonyl (C=S) groups is 1. The fourth-order valence-corrected chi connectivity index (χ4v) is 3.30. The van der Waals surface area contributed by atoms with Crippen LogP contribution in [0.25, 0.3) is 0 Å². The summed E-state index contributed by atoms with van der Waals surface area (Å²) in [6.07, 6.45) is 7.60. The molecule has 6 nitrogen and oxygen atoms in total. The van der Waals surface area contributed by atoms with Crippen LogP contribution in [-0.4, -0.2) is 23.5 Å². The molecule has 2 rings (SSSR count). The van der Waals surface area contributed by atoms with Gasteiger partial charge in [-0.2, -0.15) is 0 Å². The average Bonchev–Trinajstić information content (AvgIpc) is 2.65. The topological polar surface area (TPSA) is 79.5 Å². The molecule has 1 aliphatic carbocycles. The molecule has 0 aliphatic heterocycles. The summed E-state index contributed by atoms with van der Waals surface area (Å²) in [5.41, 5.74) is 4.90. The van der Waals surface area contributed by atoms with E-state index in [1.54, 1.807) is 12.1 Å². The van der Waals surface area contributed by atoms with E-state index in [2.05, 4.69) is 32.1 Å². The highest BCUT2D eigenvalue weighted by Crippen LogP contribution is 2.27. The van der Waals surface area contributed by atoms with Gasteiger partial charge in [-0.15, -0.1) is 0 Å². The zero-order valence-corrected chi connectivity index (χ0v) is 17.0. The lowest BCUT2D eigenvalue weighted by Gasteiger charge is -2.21. The second-order valence-corrected chi connectivity index (χ2v) is 7.66. The monoisotopic (exact) mass is 441 g/mol. The highest BCUT2D eigenvalue weighted by Gasteiger charge is 2.15. The number of benzene rings is 1. The number of carbonyl (C=O) groups excluding carboxylic acids is 2. The van der Waals surface area contributed by atoms with Gasteiger partial charge < -0.3 is 10.1 Å². The van der Waals surface area contributed by atoms with Crippen LogP contribution in [0.4, 0.5) is 0 Å². The number of hydrogen-bond acceptors (Lipinski definition) is 4. The minimum Gasteiger partial charge on any atom is -0.484 e. The third kappa shape index (κ3) is 8.14. The van der Waals surface area contributed by atoms with Gasteiger partial charge in [0, 0.05) is 10.9 Å². The molecule has 26 heavy (non-hydrogen) atoms. The molecule has 1 aliphatic rings. The van der Waals surface area contributed by atoms with Gasteiger partial charge in [0.25, 0.3) is 5.91 Å². The highest BCUT2D eigenvalue weighted by molar-refractivity contribution is 9.10. The molecule has 0 spiro atoms. The fourth-order valence-electron chi connectivity index (χ4n) is 2.87. The summed E-state index contributed by atoms with van der Waals surface area (Å²) in [7, 11) is 0. The summed E-state index contributed by atoms with van der Waals surface area (Å²) in [4.78, 5) is 23.6. The second-order valence-electron chi connectivity index (χ2n) is 6.34. The standard InChI is InChI=1S/C18H24BrN3O3S/c19-14-7-9-15(10-8-14)25-12-17(24)21-22-18(26)20-16(23)11-6-13-4-2-1-3-5-13/h7-10,13H,1-6,11-12H2,(H,21,24)(H2,20,22,23,26). The van der Waals surface area contributed by atoms with E-state index < -0.39 is 5.91 Å². The first-order valence-corrected chi connectivity index (χ1v) is 10.00. The molecule has 3 N–H and O–H groups in total. The maximum Gasteiger partial charge on any atom is 0.276 e. The van der Waals surface area contributed by atoms with Gasteiger partial charge in [-0.1, -0.05) is 48.0 Å². The number of hydrazine groups is 1. The number of carbonyl (C=O) groups is 2. The van der Waals surface area contributed by atoms with Crippen LogP contribution in [0.15, 0.2) is 28.7 Å². The molecule has 0 radical (unpaired) electrons. The molecule has 0 bridgehead atoms. The smallest absolute Gasteiger partial charge is 0.276 e. The maximum atomic E-state index is 11.9. The zero-order valence-electron chi connectivity index (χ0n) is 14.6. The van der Waals surface area contributed by atoms with Crippen LogP contribution in [0.1, 0.15) is 44.9 Å². The SMILES string of the molecule is O=C(COc1ccc(Br)cc1)NNC(=S)NC(=O)CCC1CCCCC1. The van der Waals surface area contributed by atoms with Crippen LogP contribution in [0.5, 0.6) is 5.75 Å². The van der Waals surface area contributed by atoms with Crippen molar-refractivity contribution in [2.75, 3.05) is 6.61 Å². The first-order chi connectivity index (χ1) is 12.5. The van der Waals surface area contributed by atoms with Crippen molar-refractivity contribution in [2.24, 2.45) is 5.92 Å². The van der Waals surface area contributed by atoms with Gasteiger partial charge in [0.2, 0.25) is 5.91 Å². The summed E-state index contributed by atoms with van der Waals surface area (Å²) in [5.74, 6) is 0.702. The summed E-state index contributed by atoms with van der Waals surface area (Å²) in [6.45, 7) is -0.160. The van der Waals surface area contributed by atoms with Gasteiger partial charge in [0.05, 0.1) is 0 Å². The number of rotatable bonds is 6. The Labute approximate surface area is 167 Å². The van der Waals surface area contributed by atoms with Gasteiger partial charge in [0.15, 0.2) is 11.7 Å². The van der Waals surface area contributed by atoms with Crippen LogP contribution < -0.4 is 20.9 Å².